The van der Waals surface area contributed by atoms with E-state index in [-0.39, 0.29) is 12.1 Å². The molecule has 3 aromatic carbocycles. The molecule has 0 N–H and O–H groups in total. The van der Waals surface area contributed by atoms with Crippen LogP contribution in [0.15, 0.2) is 35.3 Å². The highest BCUT2D eigenvalue weighted by Crippen LogP contribution is 2.51. The molecular formula is C32H40N2O5. The number of aliphatic imine (C=N–C) groups is 1. The molecule has 2 heterocycles. The minimum absolute atomic E-state index is 0.0974. The van der Waals surface area contributed by atoms with Gasteiger partial charge in [-0.15, -0.1) is 0 Å². The number of rotatable bonds is 7. The Morgan fingerprint density at radius 2 is 1.59 bits per heavy atom. The van der Waals surface area contributed by atoms with Gasteiger partial charge in [-0.1, -0.05) is 26.0 Å². The molecular weight excluding hydrogens is 492 g/mol. The molecule has 0 radical (unpaired) electrons. The van der Waals surface area contributed by atoms with Crippen LogP contribution in [0.25, 0.3) is 21.9 Å². The van der Waals surface area contributed by atoms with Gasteiger partial charge < -0.3 is 23.7 Å². The van der Waals surface area contributed by atoms with Gasteiger partial charge in [-0.3, -0.25) is 4.90 Å². The molecule has 7 nitrogen and oxygen atoms in total. The molecule has 7 heteroatoms. The van der Waals surface area contributed by atoms with Crippen LogP contribution in [0.2, 0.25) is 0 Å². The van der Waals surface area contributed by atoms with Crippen molar-refractivity contribution in [3.63, 3.8) is 0 Å². The zero-order valence-corrected chi connectivity index (χ0v) is 24.5. The van der Waals surface area contributed by atoms with Crippen molar-refractivity contribution in [2.24, 2.45) is 10.9 Å². The molecule has 0 saturated heterocycles. The van der Waals surface area contributed by atoms with Gasteiger partial charge in [0.1, 0.15) is 29.6 Å². The third-order valence-electron chi connectivity index (χ3n) is 8.51. The minimum atomic E-state index is 0.0974. The maximum Gasteiger partial charge on any atom is 0.217 e. The van der Waals surface area contributed by atoms with Crippen LogP contribution in [0, 0.1) is 5.92 Å². The summed E-state index contributed by atoms with van der Waals surface area (Å²) in [7, 11) is 9.00. The van der Waals surface area contributed by atoms with Crippen LogP contribution in [0.4, 0.5) is 0 Å². The molecule has 0 saturated carbocycles. The standard InChI is InChI=1S/C32H40N2O5/c1-17(2)23-16-39-32(33-23)22-14-25(36-7)30-20(11-10-12-24(30)35-6)29(22)31-21-13-18(3)34(5)19(4)28(21)26(37-8)15-27(31)38-9/h10-12,14-15,17-19,23H,13,16H2,1-9H3/t18-,19+,23+/m0/s1. The van der Waals surface area contributed by atoms with Gasteiger partial charge in [-0.25, -0.2) is 4.99 Å². The molecule has 0 fully saturated rings. The maximum absolute atomic E-state index is 6.29. The first-order valence-electron chi connectivity index (χ1n) is 13.6. The van der Waals surface area contributed by atoms with E-state index in [9.17, 15) is 0 Å². The Kier molecular flexibility index (Phi) is 7.38. The van der Waals surface area contributed by atoms with E-state index in [2.05, 4.69) is 45.7 Å². The van der Waals surface area contributed by atoms with Crippen molar-refractivity contribution in [3.05, 3.63) is 47.0 Å². The topological polar surface area (TPSA) is 61.8 Å². The molecule has 208 valence electrons. The average Bonchev–Trinajstić information content (AvgIpc) is 3.44. The van der Waals surface area contributed by atoms with Gasteiger partial charge >= 0.3 is 0 Å². The molecule has 39 heavy (non-hydrogen) atoms. The zero-order chi connectivity index (χ0) is 28.0. The summed E-state index contributed by atoms with van der Waals surface area (Å²) in [5.41, 5.74) is 5.34. The lowest BCUT2D eigenvalue weighted by molar-refractivity contribution is 0.175. The summed E-state index contributed by atoms with van der Waals surface area (Å²) in [6.45, 7) is 9.41. The third-order valence-corrected chi connectivity index (χ3v) is 8.51. The van der Waals surface area contributed by atoms with E-state index in [4.69, 9.17) is 28.7 Å². The van der Waals surface area contributed by atoms with Crippen LogP contribution in [0.3, 0.4) is 0 Å². The fourth-order valence-electron chi connectivity index (χ4n) is 6.06. The van der Waals surface area contributed by atoms with E-state index in [1.807, 2.05) is 24.3 Å². The van der Waals surface area contributed by atoms with Gasteiger partial charge in [-0.2, -0.15) is 0 Å². The average molecular weight is 533 g/mol. The van der Waals surface area contributed by atoms with Crippen LogP contribution < -0.4 is 18.9 Å². The summed E-state index contributed by atoms with van der Waals surface area (Å²) in [4.78, 5) is 7.44. The van der Waals surface area contributed by atoms with Crippen LogP contribution in [0.1, 0.15) is 50.4 Å². The second kappa shape index (κ2) is 10.6. The third kappa shape index (κ3) is 4.37. The Balaban J connectivity index is 1.95. The molecule has 3 atom stereocenters. The molecule has 0 aromatic heterocycles. The lowest BCUT2D eigenvalue weighted by atomic mass is 9.80. The van der Waals surface area contributed by atoms with E-state index in [1.165, 1.54) is 11.1 Å². The fourth-order valence-corrected chi connectivity index (χ4v) is 6.06. The van der Waals surface area contributed by atoms with Gasteiger partial charge in [0.2, 0.25) is 5.90 Å². The van der Waals surface area contributed by atoms with Crippen molar-refractivity contribution in [2.45, 2.75) is 52.2 Å². The number of methoxy groups -OCH3 is 4. The van der Waals surface area contributed by atoms with Crippen molar-refractivity contribution in [3.8, 4) is 34.1 Å². The van der Waals surface area contributed by atoms with Gasteiger partial charge in [-0.05, 0) is 56.3 Å². The second-order valence-electron chi connectivity index (χ2n) is 10.9. The van der Waals surface area contributed by atoms with E-state index in [0.29, 0.717) is 30.2 Å². The highest BCUT2D eigenvalue weighted by atomic mass is 16.5. The normalized spacial score (nSPS) is 21.0. The summed E-state index contributed by atoms with van der Waals surface area (Å²) < 4.78 is 30.1. The molecule has 0 spiro atoms. The molecule has 0 unspecified atom stereocenters. The molecule has 2 aliphatic rings. The maximum atomic E-state index is 6.29. The van der Waals surface area contributed by atoms with Gasteiger partial charge in [0.05, 0.1) is 39.9 Å². The first-order valence-corrected chi connectivity index (χ1v) is 13.6. The Labute approximate surface area is 231 Å². The fraction of sp³-hybridized carbons (Fsp3) is 0.469. The first kappa shape index (κ1) is 27.1. The summed E-state index contributed by atoms with van der Waals surface area (Å²) >= 11 is 0. The molecule has 0 bridgehead atoms. The van der Waals surface area contributed by atoms with Gasteiger partial charge in [0.25, 0.3) is 0 Å². The molecule has 5 rings (SSSR count). The summed E-state index contributed by atoms with van der Waals surface area (Å²) in [6, 6.07) is 10.7. The summed E-state index contributed by atoms with van der Waals surface area (Å²) in [6.07, 6.45) is 0.845. The predicted octanol–water partition coefficient (Wildman–Crippen LogP) is 6.28. The number of hydrogen-bond acceptors (Lipinski definition) is 7. The number of likely N-dealkylation sites (N-methyl/N-ethyl adjacent to an activating group) is 1. The van der Waals surface area contributed by atoms with Crippen molar-refractivity contribution >= 4 is 16.7 Å². The van der Waals surface area contributed by atoms with Crippen LogP contribution >= 0.6 is 0 Å². The van der Waals surface area contributed by atoms with Crippen molar-refractivity contribution in [1.29, 1.82) is 0 Å². The number of ether oxygens (including phenoxy) is 5. The Morgan fingerprint density at radius 3 is 2.21 bits per heavy atom. The summed E-state index contributed by atoms with van der Waals surface area (Å²) in [5, 5.41) is 1.90. The van der Waals surface area contributed by atoms with Crippen LogP contribution in [0.5, 0.6) is 23.0 Å². The summed E-state index contributed by atoms with van der Waals surface area (Å²) in [5.74, 6) is 4.05. The highest BCUT2D eigenvalue weighted by molar-refractivity contribution is 6.14. The number of hydrogen-bond donors (Lipinski definition) is 0. The SMILES string of the molecule is COc1cc(OC)c2c(c1-c1c(C3=N[C@@H](C(C)C)CO3)cc(OC)c3c(OC)cccc13)C[C@H](C)N(C)[C@@H]2C. The van der Waals surface area contributed by atoms with Crippen molar-refractivity contribution < 1.29 is 23.7 Å². The number of benzene rings is 3. The largest absolute Gasteiger partial charge is 0.496 e. The molecule has 0 aliphatic carbocycles. The number of nitrogens with zero attached hydrogens (tertiary/aromatic N) is 2. The second-order valence-corrected chi connectivity index (χ2v) is 10.9. The van der Waals surface area contributed by atoms with E-state index >= 15 is 0 Å². The van der Waals surface area contributed by atoms with Crippen molar-refractivity contribution in [1.82, 2.24) is 4.90 Å². The molecule has 2 aliphatic heterocycles. The minimum Gasteiger partial charge on any atom is -0.496 e. The number of fused-ring (bicyclic) bond motifs is 2. The van der Waals surface area contributed by atoms with E-state index in [1.54, 1.807) is 28.4 Å². The Morgan fingerprint density at radius 1 is 0.897 bits per heavy atom. The Hall–Kier alpha value is -3.45. The van der Waals surface area contributed by atoms with Crippen LogP contribution in [-0.4, -0.2) is 65.0 Å². The monoisotopic (exact) mass is 532 g/mol. The van der Waals surface area contributed by atoms with E-state index < -0.39 is 0 Å². The lowest BCUT2D eigenvalue weighted by Crippen LogP contribution is -2.38. The van der Waals surface area contributed by atoms with Gasteiger partial charge in [0, 0.05) is 40.4 Å². The smallest absolute Gasteiger partial charge is 0.217 e. The highest BCUT2D eigenvalue weighted by Gasteiger charge is 2.36. The quantitative estimate of drug-likeness (QED) is 0.357. The molecule has 3 aromatic rings. The van der Waals surface area contributed by atoms with E-state index in [0.717, 1.165) is 51.1 Å². The predicted molar refractivity (Wildman–Crippen MR) is 156 cm³/mol. The Bertz CT molecular complexity index is 1430. The van der Waals surface area contributed by atoms with Gasteiger partial charge in [0.15, 0.2) is 0 Å². The van der Waals surface area contributed by atoms with Crippen molar-refractivity contribution in [2.75, 3.05) is 42.1 Å². The van der Waals surface area contributed by atoms with Crippen LogP contribution in [-0.2, 0) is 11.2 Å². The zero-order valence-electron chi connectivity index (χ0n) is 24.5. The molecule has 0 amide bonds. The first-order chi connectivity index (χ1) is 18.7. The lowest BCUT2D eigenvalue weighted by Gasteiger charge is -2.40.